The number of ether oxygens (including phenoxy) is 1. The normalized spacial score (nSPS) is 19.0. The Labute approximate surface area is 78.3 Å². The number of benzene rings is 1. The summed E-state index contributed by atoms with van der Waals surface area (Å²) < 4.78 is 5.36. The van der Waals surface area contributed by atoms with Crippen LogP contribution in [-0.4, -0.2) is 12.5 Å². The van der Waals surface area contributed by atoms with E-state index >= 15 is 0 Å². The zero-order valence-electron chi connectivity index (χ0n) is 7.79. The maximum Gasteiger partial charge on any atom is 0.188 e. The molecule has 0 aliphatic carbocycles. The Bertz CT molecular complexity index is 323. The highest BCUT2D eigenvalue weighted by Crippen LogP contribution is 2.19. The van der Waals surface area contributed by atoms with Crippen LogP contribution in [0.15, 0.2) is 29.3 Å². The summed E-state index contributed by atoms with van der Waals surface area (Å²) in [6.45, 7) is 2.89. The molecule has 0 aromatic heterocycles. The number of para-hydroxylation sites is 1. The van der Waals surface area contributed by atoms with Gasteiger partial charge in [-0.25, -0.2) is 4.99 Å². The summed E-state index contributed by atoms with van der Waals surface area (Å²) in [6, 6.07) is 8.11. The molecule has 1 aromatic rings. The molecule has 1 saturated heterocycles. The molecule has 0 amide bonds. The zero-order chi connectivity index (χ0) is 9.10. The largest absolute Gasteiger partial charge is 0.481 e. The average molecular weight is 175 g/mol. The van der Waals surface area contributed by atoms with Gasteiger partial charge >= 0.3 is 0 Å². The van der Waals surface area contributed by atoms with Crippen molar-refractivity contribution in [1.82, 2.24) is 0 Å². The van der Waals surface area contributed by atoms with Gasteiger partial charge < -0.3 is 4.74 Å². The van der Waals surface area contributed by atoms with Crippen molar-refractivity contribution in [3.05, 3.63) is 29.8 Å². The highest BCUT2D eigenvalue weighted by atomic mass is 16.5. The second-order valence-electron chi connectivity index (χ2n) is 3.24. The Morgan fingerprint density at radius 2 is 2.15 bits per heavy atom. The first-order valence-electron chi connectivity index (χ1n) is 4.62. The van der Waals surface area contributed by atoms with Gasteiger partial charge in [-0.15, -0.1) is 0 Å². The molecule has 2 heteroatoms. The van der Waals surface area contributed by atoms with E-state index in [1.165, 1.54) is 5.56 Å². The molecule has 1 heterocycles. The molecule has 0 spiro atoms. The first kappa shape index (κ1) is 8.30. The number of rotatable bonds is 1. The van der Waals surface area contributed by atoms with E-state index in [1.807, 2.05) is 18.2 Å². The number of aryl methyl sites for hydroxylation is 1. The lowest BCUT2D eigenvalue weighted by Crippen LogP contribution is -1.92. The molecule has 1 fully saturated rings. The van der Waals surface area contributed by atoms with Crippen LogP contribution in [0, 0.1) is 6.92 Å². The van der Waals surface area contributed by atoms with Gasteiger partial charge in [0.05, 0.1) is 12.3 Å². The highest BCUT2D eigenvalue weighted by molar-refractivity contribution is 5.80. The lowest BCUT2D eigenvalue weighted by atomic mass is 10.2. The topological polar surface area (TPSA) is 21.6 Å². The predicted octanol–water partition coefficient (Wildman–Crippen LogP) is 2.84. The summed E-state index contributed by atoms with van der Waals surface area (Å²) in [6.07, 6.45) is 2.08. The summed E-state index contributed by atoms with van der Waals surface area (Å²) in [5.41, 5.74) is 2.23. The molecule has 1 aliphatic heterocycles. The van der Waals surface area contributed by atoms with Crippen molar-refractivity contribution in [2.24, 2.45) is 4.99 Å². The van der Waals surface area contributed by atoms with Gasteiger partial charge in [-0.05, 0) is 25.0 Å². The van der Waals surface area contributed by atoms with E-state index in [-0.39, 0.29) is 0 Å². The quantitative estimate of drug-likeness (QED) is 0.643. The minimum atomic E-state index is 0.824. The third-order valence-corrected chi connectivity index (χ3v) is 2.16. The van der Waals surface area contributed by atoms with Crippen molar-refractivity contribution in [2.45, 2.75) is 19.8 Å². The molecule has 0 saturated carbocycles. The van der Waals surface area contributed by atoms with Crippen molar-refractivity contribution < 1.29 is 4.74 Å². The van der Waals surface area contributed by atoms with Crippen molar-refractivity contribution in [1.29, 1.82) is 0 Å². The number of aliphatic imine (C=N–C) groups is 1. The van der Waals surface area contributed by atoms with Crippen molar-refractivity contribution in [3.8, 4) is 0 Å². The van der Waals surface area contributed by atoms with Crippen molar-refractivity contribution >= 4 is 11.6 Å². The molecular weight excluding hydrogens is 162 g/mol. The summed E-state index contributed by atoms with van der Waals surface area (Å²) in [4.78, 5) is 4.45. The summed E-state index contributed by atoms with van der Waals surface area (Å²) in [5, 5.41) is 0. The van der Waals surface area contributed by atoms with Crippen LogP contribution in [0.3, 0.4) is 0 Å². The zero-order valence-corrected chi connectivity index (χ0v) is 7.79. The first-order chi connectivity index (χ1) is 6.36. The van der Waals surface area contributed by atoms with Gasteiger partial charge in [0.1, 0.15) is 0 Å². The SMILES string of the molecule is Cc1ccccc1N=C1CCCO1. The Balaban J connectivity index is 2.25. The second kappa shape index (κ2) is 3.60. The lowest BCUT2D eigenvalue weighted by molar-refractivity contribution is 0.344. The lowest BCUT2D eigenvalue weighted by Gasteiger charge is -2.00. The maximum atomic E-state index is 5.36. The molecule has 1 aromatic carbocycles. The van der Waals surface area contributed by atoms with Crippen LogP contribution in [0.5, 0.6) is 0 Å². The monoisotopic (exact) mass is 175 g/mol. The van der Waals surface area contributed by atoms with Gasteiger partial charge in [-0.3, -0.25) is 0 Å². The van der Waals surface area contributed by atoms with E-state index < -0.39 is 0 Å². The van der Waals surface area contributed by atoms with E-state index in [9.17, 15) is 0 Å². The van der Waals surface area contributed by atoms with Gasteiger partial charge in [-0.1, -0.05) is 18.2 Å². The molecule has 0 radical (unpaired) electrons. The minimum Gasteiger partial charge on any atom is -0.481 e. The molecule has 0 unspecified atom stereocenters. The Hall–Kier alpha value is -1.31. The van der Waals surface area contributed by atoms with Gasteiger partial charge in [0.25, 0.3) is 0 Å². The molecule has 1 aliphatic rings. The molecule has 0 bridgehead atoms. The Morgan fingerprint density at radius 3 is 2.85 bits per heavy atom. The smallest absolute Gasteiger partial charge is 0.188 e. The number of hydrogen-bond donors (Lipinski definition) is 0. The fourth-order valence-electron chi connectivity index (χ4n) is 1.40. The van der Waals surface area contributed by atoms with Gasteiger partial charge in [0.2, 0.25) is 0 Å². The van der Waals surface area contributed by atoms with E-state index in [0.717, 1.165) is 31.0 Å². The first-order valence-corrected chi connectivity index (χ1v) is 4.62. The van der Waals surface area contributed by atoms with E-state index in [2.05, 4.69) is 18.0 Å². The van der Waals surface area contributed by atoms with E-state index in [4.69, 9.17) is 4.74 Å². The maximum absolute atomic E-state index is 5.36. The third-order valence-electron chi connectivity index (χ3n) is 2.16. The summed E-state index contributed by atoms with van der Waals surface area (Å²) >= 11 is 0. The average Bonchev–Trinajstić information content (AvgIpc) is 2.61. The van der Waals surface area contributed by atoms with Crippen molar-refractivity contribution in [3.63, 3.8) is 0 Å². The van der Waals surface area contributed by atoms with Gasteiger partial charge in [-0.2, -0.15) is 0 Å². The Morgan fingerprint density at radius 1 is 1.31 bits per heavy atom. The minimum absolute atomic E-state index is 0.824. The van der Waals surface area contributed by atoms with E-state index in [0.29, 0.717) is 0 Å². The van der Waals surface area contributed by atoms with Crippen LogP contribution in [0.2, 0.25) is 0 Å². The number of hydrogen-bond acceptors (Lipinski definition) is 2. The van der Waals surface area contributed by atoms with Crippen molar-refractivity contribution in [2.75, 3.05) is 6.61 Å². The molecule has 0 N–H and O–H groups in total. The van der Waals surface area contributed by atoms with Gasteiger partial charge in [0.15, 0.2) is 5.90 Å². The summed E-state index contributed by atoms with van der Waals surface area (Å²) in [5.74, 6) is 0.884. The standard InChI is InChI=1S/C11H13NO/c1-9-5-2-3-6-10(9)12-11-7-4-8-13-11/h2-3,5-6H,4,7-8H2,1H3. The van der Waals surface area contributed by atoms with Crippen LogP contribution >= 0.6 is 0 Å². The molecule has 0 atom stereocenters. The molecule has 2 rings (SSSR count). The molecule has 68 valence electrons. The second-order valence-corrected chi connectivity index (χ2v) is 3.24. The van der Waals surface area contributed by atoms with Crippen LogP contribution in [0.4, 0.5) is 5.69 Å². The predicted molar refractivity (Wildman–Crippen MR) is 53.5 cm³/mol. The molecule has 13 heavy (non-hydrogen) atoms. The third kappa shape index (κ3) is 1.89. The van der Waals surface area contributed by atoms with Gasteiger partial charge in [0, 0.05) is 6.42 Å². The highest BCUT2D eigenvalue weighted by Gasteiger charge is 2.09. The Kier molecular flexibility index (Phi) is 2.30. The molecule has 2 nitrogen and oxygen atoms in total. The van der Waals surface area contributed by atoms with Crippen LogP contribution in [-0.2, 0) is 4.74 Å². The van der Waals surface area contributed by atoms with Crippen LogP contribution in [0.25, 0.3) is 0 Å². The molecular formula is C11H13NO. The van der Waals surface area contributed by atoms with Crippen LogP contribution in [0.1, 0.15) is 18.4 Å². The fourth-order valence-corrected chi connectivity index (χ4v) is 1.40. The summed E-state index contributed by atoms with van der Waals surface area (Å²) in [7, 11) is 0. The number of nitrogens with zero attached hydrogens (tertiary/aromatic N) is 1. The van der Waals surface area contributed by atoms with Crippen LogP contribution < -0.4 is 0 Å². The van der Waals surface area contributed by atoms with E-state index in [1.54, 1.807) is 0 Å². The fraction of sp³-hybridized carbons (Fsp3) is 0.364.